The molecule has 1 aromatic carbocycles. The fraction of sp³-hybridized carbons (Fsp3) is 0.417. The topological polar surface area (TPSA) is 46.5 Å². The fourth-order valence-corrected chi connectivity index (χ4v) is 1.94. The summed E-state index contributed by atoms with van der Waals surface area (Å²) in [7, 11) is 0. The van der Waals surface area contributed by atoms with Gasteiger partial charge in [-0.3, -0.25) is 0 Å². The number of hydrogen-bond donors (Lipinski definition) is 1. The highest BCUT2D eigenvalue weighted by Gasteiger charge is 2.25. The van der Waals surface area contributed by atoms with Crippen molar-refractivity contribution < 1.29 is 14.6 Å². The van der Waals surface area contributed by atoms with Gasteiger partial charge in [0.05, 0.1) is 0 Å². The summed E-state index contributed by atoms with van der Waals surface area (Å²) in [4.78, 5) is 11.1. The summed E-state index contributed by atoms with van der Waals surface area (Å²) in [6.07, 6.45) is 1.00. The van der Waals surface area contributed by atoms with E-state index in [1.807, 2.05) is 25.1 Å². The van der Waals surface area contributed by atoms with E-state index < -0.39 is 12.1 Å². The van der Waals surface area contributed by atoms with E-state index in [-0.39, 0.29) is 0 Å². The molecule has 1 atom stereocenters. The standard InChI is InChI=1S/C12H14O3/c1-8-4-5-9-3-2-6-15-11(12(13)14)10(9)7-8/h4-5,7,11H,2-3,6H2,1H3,(H,13,14). The third-order valence-corrected chi connectivity index (χ3v) is 2.68. The lowest BCUT2D eigenvalue weighted by Crippen LogP contribution is -2.15. The molecule has 0 aliphatic carbocycles. The molecule has 3 heteroatoms. The first-order valence-electron chi connectivity index (χ1n) is 5.12. The molecule has 3 nitrogen and oxygen atoms in total. The molecule has 0 saturated carbocycles. The van der Waals surface area contributed by atoms with Gasteiger partial charge in [-0.05, 0) is 30.9 Å². The van der Waals surface area contributed by atoms with E-state index in [4.69, 9.17) is 9.84 Å². The summed E-state index contributed by atoms with van der Waals surface area (Å²) in [6, 6.07) is 5.94. The van der Waals surface area contributed by atoms with E-state index in [1.165, 1.54) is 0 Å². The van der Waals surface area contributed by atoms with E-state index in [1.54, 1.807) is 0 Å². The van der Waals surface area contributed by atoms with Gasteiger partial charge in [-0.25, -0.2) is 4.79 Å². The van der Waals surface area contributed by atoms with Crippen LogP contribution in [0.1, 0.15) is 29.2 Å². The van der Waals surface area contributed by atoms with Crippen molar-refractivity contribution in [3.8, 4) is 0 Å². The summed E-state index contributed by atoms with van der Waals surface area (Å²) >= 11 is 0. The number of ether oxygens (including phenoxy) is 1. The largest absolute Gasteiger partial charge is 0.479 e. The van der Waals surface area contributed by atoms with Gasteiger partial charge in [0.15, 0.2) is 6.10 Å². The molecule has 0 aromatic heterocycles. The molecule has 2 rings (SSSR count). The Balaban J connectivity index is 2.46. The quantitative estimate of drug-likeness (QED) is 0.765. The average Bonchev–Trinajstić information content (AvgIpc) is 2.39. The second-order valence-corrected chi connectivity index (χ2v) is 3.89. The predicted molar refractivity (Wildman–Crippen MR) is 55.8 cm³/mol. The lowest BCUT2D eigenvalue weighted by Gasteiger charge is -2.13. The van der Waals surface area contributed by atoms with E-state index >= 15 is 0 Å². The van der Waals surface area contributed by atoms with Crippen molar-refractivity contribution in [3.05, 3.63) is 34.9 Å². The molecule has 15 heavy (non-hydrogen) atoms. The third-order valence-electron chi connectivity index (χ3n) is 2.68. The minimum absolute atomic E-state index is 0.519. The molecule has 1 N–H and O–H groups in total. The van der Waals surface area contributed by atoms with Gasteiger partial charge in [0.1, 0.15) is 0 Å². The van der Waals surface area contributed by atoms with Crippen LogP contribution in [0, 0.1) is 6.92 Å². The number of benzene rings is 1. The Morgan fingerprint density at radius 3 is 3.07 bits per heavy atom. The first-order chi connectivity index (χ1) is 7.18. The van der Waals surface area contributed by atoms with Gasteiger partial charge in [-0.15, -0.1) is 0 Å². The van der Waals surface area contributed by atoms with Crippen LogP contribution in [0.25, 0.3) is 0 Å². The molecular weight excluding hydrogens is 192 g/mol. The summed E-state index contributed by atoms with van der Waals surface area (Å²) < 4.78 is 5.35. The number of aliphatic carboxylic acids is 1. The minimum Gasteiger partial charge on any atom is -0.479 e. The molecule has 1 aliphatic heterocycles. The maximum Gasteiger partial charge on any atom is 0.337 e. The maximum atomic E-state index is 11.1. The number of hydrogen-bond acceptors (Lipinski definition) is 2. The molecular formula is C12H14O3. The average molecular weight is 206 g/mol. The molecule has 0 amide bonds. The molecule has 0 fully saturated rings. The first-order valence-corrected chi connectivity index (χ1v) is 5.12. The Hall–Kier alpha value is -1.35. The van der Waals surface area contributed by atoms with Crippen LogP contribution in [0.3, 0.4) is 0 Å². The highest BCUT2D eigenvalue weighted by Crippen LogP contribution is 2.27. The Morgan fingerprint density at radius 2 is 2.33 bits per heavy atom. The fourth-order valence-electron chi connectivity index (χ4n) is 1.94. The lowest BCUT2D eigenvalue weighted by molar-refractivity contribution is -0.150. The molecule has 1 aliphatic rings. The minimum atomic E-state index is -0.899. The van der Waals surface area contributed by atoms with Crippen LogP contribution in [0.2, 0.25) is 0 Å². The van der Waals surface area contributed by atoms with Crippen LogP contribution < -0.4 is 0 Å². The number of carboxylic acid groups (broad SMARTS) is 1. The van der Waals surface area contributed by atoms with E-state index in [0.717, 1.165) is 29.5 Å². The molecule has 80 valence electrons. The second kappa shape index (κ2) is 4.03. The van der Waals surface area contributed by atoms with Gasteiger partial charge in [0.25, 0.3) is 0 Å². The highest BCUT2D eigenvalue weighted by molar-refractivity contribution is 5.75. The van der Waals surface area contributed by atoms with Gasteiger partial charge in [-0.1, -0.05) is 23.8 Å². The van der Waals surface area contributed by atoms with Crippen LogP contribution in [0.15, 0.2) is 18.2 Å². The van der Waals surface area contributed by atoms with Crippen molar-refractivity contribution in [2.45, 2.75) is 25.9 Å². The van der Waals surface area contributed by atoms with Gasteiger partial charge in [0, 0.05) is 6.61 Å². The summed E-state index contributed by atoms with van der Waals surface area (Å²) in [5, 5.41) is 9.08. The molecule has 0 saturated heterocycles. The van der Waals surface area contributed by atoms with Crippen molar-refractivity contribution in [2.24, 2.45) is 0 Å². The smallest absolute Gasteiger partial charge is 0.337 e. The number of carbonyl (C=O) groups is 1. The molecule has 1 aromatic rings. The van der Waals surface area contributed by atoms with Crippen LogP contribution >= 0.6 is 0 Å². The summed E-state index contributed by atoms with van der Waals surface area (Å²) in [5.41, 5.74) is 3.00. The van der Waals surface area contributed by atoms with Crippen molar-refractivity contribution >= 4 is 5.97 Å². The van der Waals surface area contributed by atoms with E-state index in [2.05, 4.69) is 0 Å². The number of aryl methyl sites for hydroxylation is 2. The monoisotopic (exact) mass is 206 g/mol. The zero-order valence-electron chi connectivity index (χ0n) is 8.69. The van der Waals surface area contributed by atoms with Gasteiger partial charge >= 0.3 is 5.97 Å². The first kappa shape index (κ1) is 10.2. The van der Waals surface area contributed by atoms with Crippen LogP contribution in [-0.4, -0.2) is 17.7 Å². The number of rotatable bonds is 1. The Kier molecular flexibility index (Phi) is 2.73. The summed E-state index contributed by atoms with van der Waals surface area (Å²) in [5.74, 6) is -0.899. The molecule has 1 heterocycles. The molecule has 0 radical (unpaired) electrons. The maximum absolute atomic E-state index is 11.1. The number of carboxylic acids is 1. The van der Waals surface area contributed by atoms with Gasteiger partial charge < -0.3 is 9.84 Å². The SMILES string of the molecule is Cc1ccc2c(c1)C(C(=O)O)OCCC2. The Morgan fingerprint density at radius 1 is 1.53 bits per heavy atom. The van der Waals surface area contributed by atoms with E-state index in [0.29, 0.717) is 6.61 Å². The van der Waals surface area contributed by atoms with Crippen molar-refractivity contribution in [3.63, 3.8) is 0 Å². The van der Waals surface area contributed by atoms with Crippen LogP contribution in [0.4, 0.5) is 0 Å². The molecule has 0 spiro atoms. The zero-order chi connectivity index (χ0) is 10.8. The van der Waals surface area contributed by atoms with Gasteiger partial charge in [-0.2, -0.15) is 0 Å². The molecule has 1 unspecified atom stereocenters. The predicted octanol–water partition coefficient (Wildman–Crippen LogP) is 2.08. The van der Waals surface area contributed by atoms with Crippen LogP contribution in [-0.2, 0) is 16.0 Å². The summed E-state index contributed by atoms with van der Waals surface area (Å²) in [6.45, 7) is 2.48. The Bertz CT molecular complexity index is 384. The second-order valence-electron chi connectivity index (χ2n) is 3.89. The van der Waals surface area contributed by atoms with Gasteiger partial charge in [0.2, 0.25) is 0 Å². The third kappa shape index (κ3) is 2.02. The highest BCUT2D eigenvalue weighted by atomic mass is 16.5. The van der Waals surface area contributed by atoms with Crippen molar-refractivity contribution in [2.75, 3.05) is 6.61 Å². The Labute approximate surface area is 88.7 Å². The van der Waals surface area contributed by atoms with Crippen molar-refractivity contribution in [1.29, 1.82) is 0 Å². The van der Waals surface area contributed by atoms with Crippen LogP contribution in [0.5, 0.6) is 0 Å². The lowest BCUT2D eigenvalue weighted by atomic mass is 9.98. The van der Waals surface area contributed by atoms with Crippen molar-refractivity contribution in [1.82, 2.24) is 0 Å². The zero-order valence-corrected chi connectivity index (χ0v) is 8.69. The number of fused-ring (bicyclic) bond motifs is 1. The normalized spacial score (nSPS) is 20.5. The molecule has 0 bridgehead atoms. The van der Waals surface area contributed by atoms with E-state index in [9.17, 15) is 4.79 Å².